The van der Waals surface area contributed by atoms with Gasteiger partial charge in [-0.2, -0.15) is 0 Å². The molecule has 0 fully saturated rings. The highest BCUT2D eigenvalue weighted by Gasteiger charge is 2.27. The predicted octanol–water partition coefficient (Wildman–Crippen LogP) is 12.4. The number of aromatic nitrogens is 2. The molecular formula is C48H32N2O. The van der Waals surface area contributed by atoms with Crippen LogP contribution < -0.4 is 0 Å². The standard InChI is InChI=1S/C48H32N2O/c1-4-13-31(14-5-1)34-23-24-35-28-42(38-20-11-10-19-37(38)41(35)27-34)36-25-26-46-43(29-36)39-21-12-22-40(47(39)51-46)48-49-44(32-15-6-2-7-16-32)30-45(50-48)33-17-8-3-9-18-33/h1-27,29-30,42H,28H2. The molecule has 0 bridgehead atoms. The molecule has 0 saturated carbocycles. The van der Waals surface area contributed by atoms with Gasteiger partial charge in [-0.25, -0.2) is 9.97 Å². The third-order valence-electron chi connectivity index (χ3n) is 10.3. The first-order chi connectivity index (χ1) is 25.3. The lowest BCUT2D eigenvalue weighted by Gasteiger charge is -2.29. The van der Waals surface area contributed by atoms with Crippen molar-refractivity contribution in [3.63, 3.8) is 0 Å². The molecule has 9 aromatic rings. The van der Waals surface area contributed by atoms with E-state index in [-0.39, 0.29) is 5.92 Å². The van der Waals surface area contributed by atoms with Gasteiger partial charge in [-0.3, -0.25) is 0 Å². The first kappa shape index (κ1) is 29.3. The molecule has 1 aliphatic carbocycles. The van der Waals surface area contributed by atoms with E-state index in [1.54, 1.807) is 0 Å². The average Bonchev–Trinajstić information content (AvgIpc) is 3.59. The molecule has 1 unspecified atom stereocenters. The number of hydrogen-bond donors (Lipinski definition) is 0. The molecule has 51 heavy (non-hydrogen) atoms. The zero-order valence-electron chi connectivity index (χ0n) is 27.8. The Morgan fingerprint density at radius 1 is 0.451 bits per heavy atom. The maximum Gasteiger partial charge on any atom is 0.164 e. The quantitative estimate of drug-likeness (QED) is 0.186. The molecule has 240 valence electrons. The average molecular weight is 653 g/mol. The zero-order chi connectivity index (χ0) is 33.7. The highest BCUT2D eigenvalue weighted by molar-refractivity contribution is 6.09. The van der Waals surface area contributed by atoms with Gasteiger partial charge >= 0.3 is 0 Å². The molecule has 2 aromatic heterocycles. The second-order valence-corrected chi connectivity index (χ2v) is 13.3. The van der Waals surface area contributed by atoms with E-state index in [0.29, 0.717) is 5.82 Å². The Hall–Kier alpha value is -6.58. The molecule has 0 N–H and O–H groups in total. The molecule has 0 aliphatic heterocycles. The largest absolute Gasteiger partial charge is 0.455 e. The van der Waals surface area contributed by atoms with Gasteiger partial charge in [-0.15, -0.1) is 0 Å². The maximum atomic E-state index is 6.67. The van der Waals surface area contributed by atoms with Crippen LogP contribution in [0.4, 0.5) is 0 Å². The van der Waals surface area contributed by atoms with E-state index in [1.165, 1.54) is 38.9 Å². The molecule has 3 nitrogen and oxygen atoms in total. The highest BCUT2D eigenvalue weighted by atomic mass is 16.3. The number of benzene rings is 7. The number of hydrogen-bond acceptors (Lipinski definition) is 3. The van der Waals surface area contributed by atoms with E-state index < -0.39 is 0 Å². The van der Waals surface area contributed by atoms with Crippen LogP contribution in [-0.4, -0.2) is 9.97 Å². The zero-order valence-corrected chi connectivity index (χ0v) is 27.8. The molecule has 7 aromatic carbocycles. The number of fused-ring (bicyclic) bond motifs is 6. The minimum absolute atomic E-state index is 0.230. The lowest BCUT2D eigenvalue weighted by Crippen LogP contribution is -2.12. The van der Waals surface area contributed by atoms with Gasteiger partial charge < -0.3 is 4.42 Å². The molecule has 0 saturated heterocycles. The topological polar surface area (TPSA) is 38.9 Å². The van der Waals surface area contributed by atoms with Crippen LogP contribution in [0.5, 0.6) is 0 Å². The summed E-state index contributed by atoms with van der Waals surface area (Å²) in [6.07, 6.45) is 0.941. The molecule has 0 amide bonds. The van der Waals surface area contributed by atoms with Crippen molar-refractivity contribution in [3.8, 4) is 56.2 Å². The summed E-state index contributed by atoms with van der Waals surface area (Å²) in [6.45, 7) is 0. The lowest BCUT2D eigenvalue weighted by atomic mass is 9.75. The van der Waals surface area contributed by atoms with Crippen LogP contribution in [0.2, 0.25) is 0 Å². The van der Waals surface area contributed by atoms with Gasteiger partial charge in [-0.1, -0.05) is 146 Å². The lowest BCUT2D eigenvalue weighted by molar-refractivity contribution is 0.669. The van der Waals surface area contributed by atoms with E-state index >= 15 is 0 Å². The Balaban J connectivity index is 1.08. The fourth-order valence-corrected chi connectivity index (χ4v) is 7.78. The van der Waals surface area contributed by atoms with Crippen molar-refractivity contribution < 1.29 is 4.42 Å². The van der Waals surface area contributed by atoms with Crippen molar-refractivity contribution in [3.05, 3.63) is 193 Å². The molecule has 3 heteroatoms. The van der Waals surface area contributed by atoms with Crippen LogP contribution in [0.3, 0.4) is 0 Å². The Morgan fingerprint density at radius 2 is 1.10 bits per heavy atom. The van der Waals surface area contributed by atoms with Crippen molar-refractivity contribution in [2.75, 3.05) is 0 Å². The minimum Gasteiger partial charge on any atom is -0.455 e. The molecule has 10 rings (SSSR count). The van der Waals surface area contributed by atoms with Crippen molar-refractivity contribution >= 4 is 21.9 Å². The Kier molecular flexibility index (Phi) is 6.95. The summed E-state index contributed by atoms with van der Waals surface area (Å²) in [5.41, 5.74) is 15.5. The minimum atomic E-state index is 0.230. The highest BCUT2D eigenvalue weighted by Crippen LogP contribution is 2.45. The Bertz CT molecular complexity index is 2660. The number of furan rings is 1. The fraction of sp³-hybridized carbons (Fsp3) is 0.0417. The van der Waals surface area contributed by atoms with E-state index in [1.807, 2.05) is 36.4 Å². The molecular weight excluding hydrogens is 621 g/mol. The van der Waals surface area contributed by atoms with Crippen LogP contribution in [-0.2, 0) is 6.42 Å². The van der Waals surface area contributed by atoms with Gasteiger partial charge in [0.15, 0.2) is 5.82 Å². The molecule has 0 spiro atoms. The maximum absolute atomic E-state index is 6.67. The summed E-state index contributed by atoms with van der Waals surface area (Å²) in [5.74, 6) is 0.876. The van der Waals surface area contributed by atoms with Gasteiger partial charge in [-0.05, 0) is 75.7 Å². The number of para-hydroxylation sites is 1. The summed E-state index contributed by atoms with van der Waals surface area (Å²) >= 11 is 0. The number of nitrogens with zero attached hydrogens (tertiary/aromatic N) is 2. The smallest absolute Gasteiger partial charge is 0.164 e. The molecule has 1 atom stereocenters. The predicted molar refractivity (Wildman–Crippen MR) is 208 cm³/mol. The Labute approximate surface area is 296 Å². The second-order valence-electron chi connectivity index (χ2n) is 13.3. The summed E-state index contributed by atoms with van der Waals surface area (Å²) in [5, 5.41) is 2.17. The third-order valence-corrected chi connectivity index (χ3v) is 10.3. The first-order valence-corrected chi connectivity index (χ1v) is 17.5. The van der Waals surface area contributed by atoms with E-state index in [2.05, 4.69) is 140 Å². The third kappa shape index (κ3) is 5.14. The van der Waals surface area contributed by atoms with Gasteiger partial charge in [0.25, 0.3) is 0 Å². The van der Waals surface area contributed by atoms with Gasteiger partial charge in [0.2, 0.25) is 0 Å². The summed E-state index contributed by atoms with van der Waals surface area (Å²) in [4.78, 5) is 10.2. The van der Waals surface area contributed by atoms with Gasteiger partial charge in [0.1, 0.15) is 11.2 Å². The van der Waals surface area contributed by atoms with Crippen LogP contribution in [0, 0.1) is 0 Å². The molecule has 1 aliphatic rings. The van der Waals surface area contributed by atoms with Crippen molar-refractivity contribution in [1.29, 1.82) is 0 Å². The van der Waals surface area contributed by atoms with E-state index in [0.717, 1.165) is 56.4 Å². The summed E-state index contributed by atoms with van der Waals surface area (Å²) < 4.78 is 6.67. The monoisotopic (exact) mass is 652 g/mol. The normalized spacial score (nSPS) is 13.6. The van der Waals surface area contributed by atoms with Crippen LogP contribution >= 0.6 is 0 Å². The van der Waals surface area contributed by atoms with Crippen molar-refractivity contribution in [1.82, 2.24) is 9.97 Å². The van der Waals surface area contributed by atoms with E-state index in [4.69, 9.17) is 14.4 Å². The second kappa shape index (κ2) is 12.1. The van der Waals surface area contributed by atoms with Crippen LogP contribution in [0.15, 0.2) is 180 Å². The fourth-order valence-electron chi connectivity index (χ4n) is 7.78. The van der Waals surface area contributed by atoms with Gasteiger partial charge in [0, 0.05) is 27.8 Å². The first-order valence-electron chi connectivity index (χ1n) is 17.5. The molecule has 2 heterocycles. The SMILES string of the molecule is c1ccc(-c2ccc3c(c2)-c2ccccc2C(c2ccc4oc5c(-c6nc(-c7ccccc7)cc(-c7ccccc7)n6)cccc5c4c2)C3)cc1. The van der Waals surface area contributed by atoms with Crippen LogP contribution in [0.25, 0.3) is 78.1 Å². The van der Waals surface area contributed by atoms with Gasteiger partial charge in [0.05, 0.1) is 17.0 Å². The summed E-state index contributed by atoms with van der Waals surface area (Å²) in [7, 11) is 0. The molecule has 0 radical (unpaired) electrons. The van der Waals surface area contributed by atoms with E-state index in [9.17, 15) is 0 Å². The van der Waals surface area contributed by atoms with Crippen molar-refractivity contribution in [2.24, 2.45) is 0 Å². The van der Waals surface area contributed by atoms with Crippen molar-refractivity contribution in [2.45, 2.75) is 12.3 Å². The number of rotatable bonds is 5. The van der Waals surface area contributed by atoms with Crippen LogP contribution in [0.1, 0.15) is 22.6 Å². The summed E-state index contributed by atoms with van der Waals surface area (Å²) in [6, 6.07) is 62.2. The Morgan fingerprint density at radius 3 is 1.82 bits per heavy atom.